The highest BCUT2D eigenvalue weighted by Crippen LogP contribution is 2.37. The maximum absolute atomic E-state index is 11.9. The van der Waals surface area contributed by atoms with Crippen molar-refractivity contribution in [3.8, 4) is 11.5 Å². The summed E-state index contributed by atoms with van der Waals surface area (Å²) in [4.78, 5) is 22.7. The van der Waals surface area contributed by atoms with Gasteiger partial charge in [0.2, 0.25) is 0 Å². The summed E-state index contributed by atoms with van der Waals surface area (Å²) in [5, 5.41) is 14.8. The number of nitrogens with one attached hydrogen (secondary N) is 2. The van der Waals surface area contributed by atoms with Gasteiger partial charge in [-0.1, -0.05) is 29.8 Å². The Bertz CT molecular complexity index is 808. The molecule has 0 aliphatic heterocycles. The van der Waals surface area contributed by atoms with Gasteiger partial charge in [-0.2, -0.15) is 0 Å². The summed E-state index contributed by atoms with van der Waals surface area (Å²) < 4.78 is 10.4. The van der Waals surface area contributed by atoms with Crippen molar-refractivity contribution in [1.29, 1.82) is 0 Å². The number of amides is 2. The third-order valence-corrected chi connectivity index (χ3v) is 4.31. The van der Waals surface area contributed by atoms with E-state index < -0.39 is 5.97 Å². The van der Waals surface area contributed by atoms with E-state index in [2.05, 4.69) is 10.6 Å². The van der Waals surface area contributed by atoms with Crippen molar-refractivity contribution in [1.82, 2.24) is 10.6 Å². The number of methoxy groups -OCH3 is 2. The van der Waals surface area contributed by atoms with Gasteiger partial charge in [-0.25, -0.2) is 9.59 Å². The van der Waals surface area contributed by atoms with Crippen molar-refractivity contribution in [3.05, 3.63) is 58.1 Å². The van der Waals surface area contributed by atoms with Crippen molar-refractivity contribution < 1.29 is 24.2 Å². The molecule has 27 heavy (non-hydrogen) atoms. The monoisotopic (exact) mass is 392 g/mol. The van der Waals surface area contributed by atoms with Crippen LogP contribution in [0.4, 0.5) is 4.79 Å². The molecule has 2 rings (SSSR count). The second-order valence-corrected chi connectivity index (χ2v) is 6.01. The number of ether oxygens (including phenoxy) is 2. The number of carbonyl (C=O) groups excluding carboxylic acids is 1. The van der Waals surface area contributed by atoms with Gasteiger partial charge in [0.1, 0.15) is 0 Å². The highest BCUT2D eigenvalue weighted by atomic mass is 35.5. The highest BCUT2D eigenvalue weighted by Gasteiger charge is 2.13. The van der Waals surface area contributed by atoms with E-state index in [4.69, 9.17) is 26.2 Å². The Morgan fingerprint density at radius 1 is 1.04 bits per heavy atom. The number of carboxylic acids is 1. The van der Waals surface area contributed by atoms with Crippen molar-refractivity contribution >= 4 is 23.6 Å². The van der Waals surface area contributed by atoms with E-state index in [9.17, 15) is 9.59 Å². The van der Waals surface area contributed by atoms with Crippen LogP contribution in [0.3, 0.4) is 0 Å². The fourth-order valence-electron chi connectivity index (χ4n) is 2.44. The van der Waals surface area contributed by atoms with Crippen LogP contribution in [-0.2, 0) is 13.0 Å². The van der Waals surface area contributed by atoms with Gasteiger partial charge >= 0.3 is 12.0 Å². The van der Waals surface area contributed by atoms with Gasteiger partial charge in [0.05, 0.1) is 24.8 Å². The molecule has 0 heterocycles. The summed E-state index contributed by atoms with van der Waals surface area (Å²) in [7, 11) is 3.05. The van der Waals surface area contributed by atoms with Crippen LogP contribution in [-0.4, -0.2) is 37.9 Å². The molecule has 0 radical (unpaired) electrons. The lowest BCUT2D eigenvalue weighted by atomic mass is 10.1. The lowest BCUT2D eigenvalue weighted by Gasteiger charge is -2.13. The Morgan fingerprint density at radius 2 is 1.74 bits per heavy atom. The first kappa shape index (κ1) is 20.4. The minimum Gasteiger partial charge on any atom is -0.493 e. The topological polar surface area (TPSA) is 96.9 Å². The standard InChI is InChI=1S/C19H21ClN2O5/c1-26-15-8-7-13(16(20)17(15)27-2)9-10-21-19(25)22-11-12-3-5-14(6-4-12)18(23)24/h3-8H,9-11H2,1-2H3,(H,23,24)(H2,21,22,25). The molecule has 0 saturated heterocycles. The maximum atomic E-state index is 11.9. The molecule has 3 N–H and O–H groups in total. The highest BCUT2D eigenvalue weighted by molar-refractivity contribution is 6.33. The summed E-state index contributed by atoms with van der Waals surface area (Å²) in [6.45, 7) is 0.682. The Labute approximate surface area is 162 Å². The molecule has 0 spiro atoms. The molecule has 0 saturated carbocycles. The fourth-order valence-corrected chi connectivity index (χ4v) is 2.77. The zero-order valence-corrected chi connectivity index (χ0v) is 15.8. The number of carboxylic acid groups (broad SMARTS) is 1. The van der Waals surface area contributed by atoms with Crippen molar-refractivity contribution in [2.45, 2.75) is 13.0 Å². The number of hydrogen-bond donors (Lipinski definition) is 3. The molecule has 0 bridgehead atoms. The van der Waals surface area contributed by atoms with Gasteiger partial charge < -0.3 is 25.2 Å². The molecule has 0 aromatic heterocycles. The quantitative estimate of drug-likeness (QED) is 0.641. The number of carbonyl (C=O) groups is 2. The summed E-state index contributed by atoms with van der Waals surface area (Å²) in [6, 6.07) is 9.58. The molecular formula is C19H21ClN2O5. The Morgan fingerprint density at radius 3 is 2.33 bits per heavy atom. The second-order valence-electron chi connectivity index (χ2n) is 5.64. The number of hydrogen-bond acceptors (Lipinski definition) is 4. The number of urea groups is 1. The Hall–Kier alpha value is -2.93. The fraction of sp³-hybridized carbons (Fsp3) is 0.263. The number of benzene rings is 2. The van der Waals surface area contributed by atoms with Gasteiger partial charge in [-0.05, 0) is 35.7 Å². The summed E-state index contributed by atoms with van der Waals surface area (Å²) in [6.07, 6.45) is 0.528. The first-order valence-electron chi connectivity index (χ1n) is 8.19. The smallest absolute Gasteiger partial charge is 0.335 e. The maximum Gasteiger partial charge on any atom is 0.335 e. The molecule has 0 unspecified atom stereocenters. The zero-order chi connectivity index (χ0) is 19.8. The molecule has 0 fully saturated rings. The SMILES string of the molecule is COc1ccc(CCNC(=O)NCc2ccc(C(=O)O)cc2)c(Cl)c1OC. The van der Waals surface area contributed by atoms with E-state index in [1.807, 2.05) is 6.07 Å². The van der Waals surface area contributed by atoms with Gasteiger partial charge in [0.25, 0.3) is 0 Å². The lowest BCUT2D eigenvalue weighted by Crippen LogP contribution is -2.36. The van der Waals surface area contributed by atoms with E-state index in [0.717, 1.165) is 11.1 Å². The average molecular weight is 393 g/mol. The largest absolute Gasteiger partial charge is 0.493 e. The number of aromatic carboxylic acids is 1. The van der Waals surface area contributed by atoms with Gasteiger partial charge in [-0.15, -0.1) is 0 Å². The van der Waals surface area contributed by atoms with Crippen LogP contribution in [0.15, 0.2) is 36.4 Å². The molecule has 8 heteroatoms. The van der Waals surface area contributed by atoms with Crippen molar-refractivity contribution in [2.75, 3.05) is 20.8 Å². The van der Waals surface area contributed by atoms with Crippen LogP contribution in [0, 0.1) is 0 Å². The van der Waals surface area contributed by atoms with Crippen LogP contribution in [0.2, 0.25) is 5.02 Å². The predicted octanol–water partition coefficient (Wildman–Crippen LogP) is 3.10. The molecule has 144 valence electrons. The third kappa shape index (κ3) is 5.52. The van der Waals surface area contributed by atoms with Gasteiger partial charge in [0, 0.05) is 13.1 Å². The molecule has 2 aromatic carbocycles. The molecule has 2 aromatic rings. The summed E-state index contributed by atoms with van der Waals surface area (Å²) in [5.74, 6) is 0.0258. The van der Waals surface area contributed by atoms with E-state index in [1.165, 1.54) is 26.4 Å². The molecule has 2 amide bonds. The van der Waals surface area contributed by atoms with E-state index in [0.29, 0.717) is 36.0 Å². The predicted molar refractivity (Wildman–Crippen MR) is 102 cm³/mol. The summed E-state index contributed by atoms with van der Waals surface area (Å²) >= 11 is 6.31. The normalized spacial score (nSPS) is 10.2. The third-order valence-electron chi connectivity index (χ3n) is 3.90. The van der Waals surface area contributed by atoms with Gasteiger partial charge in [0.15, 0.2) is 11.5 Å². The van der Waals surface area contributed by atoms with Crippen LogP contribution < -0.4 is 20.1 Å². The van der Waals surface area contributed by atoms with Crippen LogP contribution >= 0.6 is 11.6 Å². The second kappa shape index (κ2) is 9.68. The summed E-state index contributed by atoms with van der Waals surface area (Å²) in [5.41, 5.74) is 1.84. The van der Waals surface area contributed by atoms with Crippen LogP contribution in [0.1, 0.15) is 21.5 Å². The molecule has 0 atom stereocenters. The van der Waals surface area contributed by atoms with E-state index >= 15 is 0 Å². The molecule has 0 aliphatic carbocycles. The first-order valence-corrected chi connectivity index (χ1v) is 8.57. The first-order chi connectivity index (χ1) is 13.0. The van der Waals surface area contributed by atoms with E-state index in [-0.39, 0.29) is 11.6 Å². The van der Waals surface area contributed by atoms with Gasteiger partial charge in [-0.3, -0.25) is 0 Å². The van der Waals surface area contributed by atoms with Crippen molar-refractivity contribution in [3.63, 3.8) is 0 Å². The average Bonchev–Trinajstić information content (AvgIpc) is 2.67. The minimum atomic E-state index is -0.985. The number of rotatable bonds is 8. The molecular weight excluding hydrogens is 372 g/mol. The molecule has 7 nitrogen and oxygen atoms in total. The molecule has 0 aliphatic rings. The van der Waals surface area contributed by atoms with Crippen LogP contribution in [0.25, 0.3) is 0 Å². The zero-order valence-electron chi connectivity index (χ0n) is 15.0. The number of halogens is 1. The Balaban J connectivity index is 1.81. The lowest BCUT2D eigenvalue weighted by molar-refractivity contribution is 0.0697. The van der Waals surface area contributed by atoms with E-state index in [1.54, 1.807) is 18.2 Å². The van der Waals surface area contributed by atoms with Crippen molar-refractivity contribution in [2.24, 2.45) is 0 Å². The minimum absolute atomic E-state index is 0.204. The Kier molecular flexibility index (Phi) is 7.31. The van der Waals surface area contributed by atoms with Crippen LogP contribution in [0.5, 0.6) is 11.5 Å².